The molecule has 6 rings (SSSR count). The Bertz CT molecular complexity index is 1430. The van der Waals surface area contributed by atoms with Crippen molar-refractivity contribution >= 4 is 34.4 Å². The number of aromatic amines is 1. The molecule has 1 saturated heterocycles. The zero-order valence-electron chi connectivity index (χ0n) is 18.7. The molecule has 3 amide bonds. The van der Waals surface area contributed by atoms with E-state index in [-0.39, 0.29) is 18.0 Å². The van der Waals surface area contributed by atoms with Crippen LogP contribution in [-0.4, -0.2) is 48.8 Å². The van der Waals surface area contributed by atoms with Gasteiger partial charge < -0.3 is 4.98 Å². The van der Waals surface area contributed by atoms with Crippen molar-refractivity contribution in [1.29, 1.82) is 0 Å². The summed E-state index contributed by atoms with van der Waals surface area (Å²) < 4.78 is 0. The average molecular weight is 472 g/mol. The number of nitrogens with one attached hydrogen (secondary N) is 1. The highest BCUT2D eigenvalue weighted by Crippen LogP contribution is 2.45. The number of nitrogens with zero attached hydrogens (tertiary/aromatic N) is 4. The fourth-order valence-corrected chi connectivity index (χ4v) is 5.41. The van der Waals surface area contributed by atoms with Gasteiger partial charge in [-0.15, -0.1) is 0 Å². The van der Waals surface area contributed by atoms with Crippen molar-refractivity contribution in [2.45, 2.75) is 38.4 Å². The van der Waals surface area contributed by atoms with E-state index in [1.807, 2.05) is 56.3 Å². The molecule has 1 fully saturated rings. The van der Waals surface area contributed by atoms with E-state index in [0.29, 0.717) is 11.4 Å². The van der Waals surface area contributed by atoms with Crippen molar-refractivity contribution in [1.82, 2.24) is 24.8 Å². The molecule has 170 valence electrons. The molecular weight excluding hydrogens is 450 g/mol. The molecule has 2 aromatic heterocycles. The third-order valence-electron chi connectivity index (χ3n) is 6.77. The Morgan fingerprint density at radius 3 is 2.47 bits per heavy atom. The van der Waals surface area contributed by atoms with Crippen molar-refractivity contribution in [3.05, 3.63) is 83.0 Å². The number of halogens is 1. The number of rotatable bonds is 3. The predicted molar refractivity (Wildman–Crippen MR) is 129 cm³/mol. The molecule has 0 bridgehead atoms. The largest absolute Gasteiger partial charge is 0.356 e. The highest BCUT2D eigenvalue weighted by Gasteiger charge is 2.53. The zero-order valence-corrected chi connectivity index (χ0v) is 19.5. The lowest BCUT2D eigenvalue weighted by Crippen LogP contribution is -2.44. The number of H-pyrrole nitrogens is 1. The first-order valence-corrected chi connectivity index (χ1v) is 11.6. The van der Waals surface area contributed by atoms with Gasteiger partial charge in [0.05, 0.1) is 0 Å². The van der Waals surface area contributed by atoms with Gasteiger partial charge in [0.2, 0.25) is 0 Å². The normalized spacial score (nSPS) is 19.8. The van der Waals surface area contributed by atoms with Gasteiger partial charge in [0.25, 0.3) is 5.91 Å². The Labute approximate surface area is 201 Å². The summed E-state index contributed by atoms with van der Waals surface area (Å²) in [6, 6.07) is 12.3. The number of urea groups is 1. The van der Waals surface area contributed by atoms with E-state index in [2.05, 4.69) is 15.0 Å². The molecule has 7 nitrogen and oxygen atoms in total. The Morgan fingerprint density at radius 1 is 1.03 bits per heavy atom. The molecule has 2 atom stereocenters. The highest BCUT2D eigenvalue weighted by molar-refractivity contribution is 6.31. The topological polar surface area (TPSA) is 82.2 Å². The lowest BCUT2D eigenvalue weighted by atomic mass is 9.88. The van der Waals surface area contributed by atoms with Crippen LogP contribution in [0.25, 0.3) is 22.0 Å². The van der Waals surface area contributed by atoms with E-state index in [9.17, 15) is 9.59 Å². The first kappa shape index (κ1) is 20.9. The van der Waals surface area contributed by atoms with Crippen LogP contribution in [0, 0.1) is 0 Å². The first-order valence-electron chi connectivity index (χ1n) is 11.2. The van der Waals surface area contributed by atoms with E-state index in [1.54, 1.807) is 17.3 Å². The van der Waals surface area contributed by atoms with Crippen LogP contribution in [0.5, 0.6) is 0 Å². The Balaban J connectivity index is 1.52. The molecule has 0 spiro atoms. The molecule has 2 aromatic carbocycles. The second-order valence-corrected chi connectivity index (χ2v) is 9.51. The maximum Gasteiger partial charge on any atom is 0.328 e. The smallest absolute Gasteiger partial charge is 0.328 e. The third kappa shape index (κ3) is 3.04. The van der Waals surface area contributed by atoms with Gasteiger partial charge in [0, 0.05) is 52.0 Å². The molecule has 2 aliphatic heterocycles. The molecule has 0 saturated carbocycles. The number of carbonyl (C=O) groups excluding carboxylic acids is 2. The van der Waals surface area contributed by atoms with Crippen LogP contribution < -0.4 is 0 Å². The van der Waals surface area contributed by atoms with Crippen LogP contribution in [-0.2, 0) is 11.2 Å². The number of amides is 3. The molecule has 0 radical (unpaired) electrons. The van der Waals surface area contributed by atoms with Crippen molar-refractivity contribution in [2.75, 3.05) is 0 Å². The van der Waals surface area contributed by atoms with Crippen molar-refractivity contribution in [3.8, 4) is 11.1 Å². The standard InChI is InChI=1S/C26H22ClN5O2/c1-14(2)31-25(33)22-10-20-19-9-18(27)7-8-21(19)30-23(20)24(32(22)26(31)34)16-5-3-15(4-6-16)17-11-28-13-29-12-17/h3-9,11-14,22,24,30H,10H2,1-2H3. The number of carbonyl (C=O) groups is 2. The maximum atomic E-state index is 13.5. The zero-order chi connectivity index (χ0) is 23.6. The fraction of sp³-hybridized carbons (Fsp3) is 0.231. The van der Waals surface area contributed by atoms with E-state index in [4.69, 9.17) is 11.6 Å². The summed E-state index contributed by atoms with van der Waals surface area (Å²) in [5, 5.41) is 1.63. The Hall–Kier alpha value is -3.71. The molecular formula is C26H22ClN5O2. The summed E-state index contributed by atoms with van der Waals surface area (Å²) in [6.07, 6.45) is 5.49. The van der Waals surface area contributed by atoms with Gasteiger partial charge in [-0.05, 0) is 48.7 Å². The van der Waals surface area contributed by atoms with Gasteiger partial charge in [0.15, 0.2) is 0 Å². The van der Waals surface area contributed by atoms with E-state index < -0.39 is 12.1 Å². The van der Waals surface area contributed by atoms with Gasteiger partial charge in [-0.3, -0.25) is 14.6 Å². The number of hydrogen-bond acceptors (Lipinski definition) is 4. The van der Waals surface area contributed by atoms with Crippen molar-refractivity contribution in [2.24, 2.45) is 0 Å². The molecule has 4 heterocycles. The summed E-state index contributed by atoms with van der Waals surface area (Å²) in [7, 11) is 0. The van der Waals surface area contributed by atoms with Crippen LogP contribution in [0.4, 0.5) is 4.79 Å². The lowest BCUT2D eigenvalue weighted by Gasteiger charge is -2.36. The summed E-state index contributed by atoms with van der Waals surface area (Å²) in [5.74, 6) is -0.148. The van der Waals surface area contributed by atoms with Gasteiger partial charge in [-0.25, -0.2) is 14.8 Å². The SMILES string of the molecule is CC(C)N1C(=O)C2Cc3c([nH]c4ccc(Cl)cc34)C(c3ccc(-c4cncnc4)cc3)N2C1=O. The van der Waals surface area contributed by atoms with Gasteiger partial charge in [-0.2, -0.15) is 0 Å². The second kappa shape index (κ2) is 7.67. The van der Waals surface area contributed by atoms with E-state index in [1.165, 1.54) is 11.2 Å². The van der Waals surface area contributed by atoms with Gasteiger partial charge in [0.1, 0.15) is 18.4 Å². The number of fused-ring (bicyclic) bond motifs is 4. The van der Waals surface area contributed by atoms with Crippen LogP contribution >= 0.6 is 11.6 Å². The lowest BCUT2D eigenvalue weighted by molar-refractivity contribution is -0.129. The molecule has 0 aliphatic carbocycles. The minimum atomic E-state index is -0.549. The van der Waals surface area contributed by atoms with E-state index in [0.717, 1.165) is 38.9 Å². The van der Waals surface area contributed by atoms with Crippen LogP contribution in [0.2, 0.25) is 5.02 Å². The van der Waals surface area contributed by atoms with Crippen molar-refractivity contribution < 1.29 is 9.59 Å². The Morgan fingerprint density at radius 2 is 1.76 bits per heavy atom. The Kier molecular flexibility index (Phi) is 4.71. The molecule has 2 unspecified atom stereocenters. The summed E-state index contributed by atoms with van der Waals surface area (Å²) in [5.41, 5.74) is 5.73. The van der Waals surface area contributed by atoms with E-state index >= 15 is 0 Å². The fourth-order valence-electron chi connectivity index (χ4n) is 5.24. The number of aromatic nitrogens is 3. The number of imide groups is 1. The first-order chi connectivity index (χ1) is 16.4. The van der Waals surface area contributed by atoms with Gasteiger partial charge in [-0.1, -0.05) is 35.9 Å². The molecule has 4 aromatic rings. The minimum Gasteiger partial charge on any atom is -0.356 e. The number of hydrogen-bond donors (Lipinski definition) is 1. The summed E-state index contributed by atoms with van der Waals surface area (Å²) in [4.78, 5) is 41.7. The molecule has 34 heavy (non-hydrogen) atoms. The highest BCUT2D eigenvalue weighted by atomic mass is 35.5. The molecule has 8 heteroatoms. The maximum absolute atomic E-state index is 13.5. The van der Waals surface area contributed by atoms with Crippen LogP contribution in [0.15, 0.2) is 61.2 Å². The van der Waals surface area contributed by atoms with Gasteiger partial charge >= 0.3 is 6.03 Å². The minimum absolute atomic E-state index is 0.148. The molecule has 2 aliphatic rings. The summed E-state index contributed by atoms with van der Waals surface area (Å²) >= 11 is 6.31. The van der Waals surface area contributed by atoms with Crippen molar-refractivity contribution in [3.63, 3.8) is 0 Å². The second-order valence-electron chi connectivity index (χ2n) is 9.07. The quantitative estimate of drug-likeness (QED) is 0.428. The van der Waals surface area contributed by atoms with Crippen LogP contribution in [0.3, 0.4) is 0 Å². The number of benzene rings is 2. The third-order valence-corrected chi connectivity index (χ3v) is 7.01. The predicted octanol–water partition coefficient (Wildman–Crippen LogP) is 4.97. The van der Waals surface area contributed by atoms with Crippen LogP contribution in [0.1, 0.15) is 36.7 Å². The monoisotopic (exact) mass is 471 g/mol. The molecule has 1 N–H and O–H groups in total. The summed E-state index contributed by atoms with van der Waals surface area (Å²) in [6.45, 7) is 3.74. The average Bonchev–Trinajstić information content (AvgIpc) is 3.32.